The molecule has 4 nitrogen and oxygen atoms in total. The number of rotatable bonds is 4. The molecule has 0 bridgehead atoms. The fourth-order valence-electron chi connectivity index (χ4n) is 1.27. The number of nitrogens with zero attached hydrogens (tertiary/aromatic N) is 3. The summed E-state index contributed by atoms with van der Waals surface area (Å²) in [6.07, 6.45) is 1.17. The fraction of sp³-hybridized carbons (Fsp3) is 0.818. The molecule has 0 atom stereocenters. The molecular weight excluding hydrogens is 188 g/mol. The van der Waals surface area contributed by atoms with Gasteiger partial charge in [-0.1, -0.05) is 20.8 Å². The van der Waals surface area contributed by atoms with Crippen molar-refractivity contribution in [2.75, 3.05) is 6.54 Å². The van der Waals surface area contributed by atoms with Crippen LogP contribution >= 0.6 is 0 Å². The number of nitrogens with one attached hydrogen (secondary N) is 1. The Morgan fingerprint density at radius 2 is 1.93 bits per heavy atom. The molecule has 86 valence electrons. The van der Waals surface area contributed by atoms with Crippen molar-refractivity contribution in [3.63, 3.8) is 0 Å². The Morgan fingerprint density at radius 1 is 1.27 bits per heavy atom. The standard InChI is InChI=1S/C11H22N4/c1-9-13-14-10(15(9)5)8-12-7-6-11(2,3)4/h12H,6-8H2,1-5H3. The molecule has 1 rings (SSSR count). The molecule has 4 heteroatoms. The summed E-state index contributed by atoms with van der Waals surface area (Å²) >= 11 is 0. The lowest BCUT2D eigenvalue weighted by molar-refractivity contribution is 0.365. The highest BCUT2D eigenvalue weighted by Gasteiger charge is 2.09. The summed E-state index contributed by atoms with van der Waals surface area (Å²) in [5.74, 6) is 1.96. The summed E-state index contributed by atoms with van der Waals surface area (Å²) in [4.78, 5) is 0. The summed E-state index contributed by atoms with van der Waals surface area (Å²) in [6, 6.07) is 0. The molecule has 0 aliphatic heterocycles. The molecule has 0 amide bonds. The van der Waals surface area contributed by atoms with Gasteiger partial charge in [-0.25, -0.2) is 0 Å². The van der Waals surface area contributed by atoms with Crippen molar-refractivity contribution in [3.05, 3.63) is 11.6 Å². The Balaban J connectivity index is 2.30. The first-order valence-electron chi connectivity index (χ1n) is 5.46. The minimum Gasteiger partial charge on any atom is -0.317 e. The fourth-order valence-corrected chi connectivity index (χ4v) is 1.27. The van der Waals surface area contributed by atoms with Gasteiger partial charge in [0.2, 0.25) is 0 Å². The Kier molecular flexibility index (Phi) is 3.85. The molecule has 0 unspecified atom stereocenters. The quantitative estimate of drug-likeness (QED) is 0.768. The molecule has 1 heterocycles. The Hall–Kier alpha value is -0.900. The third-order valence-electron chi connectivity index (χ3n) is 2.52. The van der Waals surface area contributed by atoms with Gasteiger partial charge < -0.3 is 9.88 Å². The predicted octanol–water partition coefficient (Wildman–Crippen LogP) is 1.65. The molecule has 1 aromatic rings. The third-order valence-corrected chi connectivity index (χ3v) is 2.52. The summed E-state index contributed by atoms with van der Waals surface area (Å²) in [5.41, 5.74) is 0.392. The summed E-state index contributed by atoms with van der Waals surface area (Å²) in [5, 5.41) is 11.5. The van der Waals surface area contributed by atoms with E-state index in [0.29, 0.717) is 5.41 Å². The van der Waals surface area contributed by atoms with Gasteiger partial charge in [-0.05, 0) is 25.3 Å². The van der Waals surface area contributed by atoms with E-state index in [-0.39, 0.29) is 0 Å². The van der Waals surface area contributed by atoms with E-state index in [1.807, 2.05) is 18.5 Å². The van der Waals surface area contributed by atoms with Crippen LogP contribution in [-0.2, 0) is 13.6 Å². The van der Waals surface area contributed by atoms with Gasteiger partial charge in [0.25, 0.3) is 0 Å². The molecule has 1 aromatic heterocycles. The van der Waals surface area contributed by atoms with E-state index in [2.05, 4.69) is 36.3 Å². The first kappa shape index (κ1) is 12.2. The Bertz CT molecular complexity index is 309. The van der Waals surface area contributed by atoms with E-state index in [9.17, 15) is 0 Å². The molecule has 0 aliphatic rings. The smallest absolute Gasteiger partial charge is 0.146 e. The lowest BCUT2D eigenvalue weighted by Gasteiger charge is -2.17. The van der Waals surface area contributed by atoms with Crippen molar-refractivity contribution in [3.8, 4) is 0 Å². The molecular formula is C11H22N4. The lowest BCUT2D eigenvalue weighted by atomic mass is 9.92. The van der Waals surface area contributed by atoms with Gasteiger partial charge >= 0.3 is 0 Å². The highest BCUT2D eigenvalue weighted by molar-refractivity contribution is 4.91. The maximum absolute atomic E-state index is 4.10. The second-order valence-electron chi connectivity index (χ2n) is 5.21. The number of hydrogen-bond acceptors (Lipinski definition) is 3. The number of aromatic nitrogens is 3. The zero-order chi connectivity index (χ0) is 11.5. The molecule has 0 aromatic carbocycles. The van der Waals surface area contributed by atoms with E-state index in [1.54, 1.807) is 0 Å². The van der Waals surface area contributed by atoms with E-state index in [0.717, 1.165) is 24.7 Å². The second-order valence-corrected chi connectivity index (χ2v) is 5.21. The third kappa shape index (κ3) is 4.00. The van der Waals surface area contributed by atoms with Crippen LogP contribution in [0.15, 0.2) is 0 Å². The molecule has 0 radical (unpaired) electrons. The van der Waals surface area contributed by atoms with Crippen LogP contribution in [0, 0.1) is 12.3 Å². The van der Waals surface area contributed by atoms with Gasteiger partial charge in [-0.2, -0.15) is 0 Å². The second kappa shape index (κ2) is 4.75. The van der Waals surface area contributed by atoms with E-state index in [1.165, 1.54) is 6.42 Å². The topological polar surface area (TPSA) is 42.7 Å². The van der Waals surface area contributed by atoms with Crippen LogP contribution in [-0.4, -0.2) is 21.3 Å². The van der Waals surface area contributed by atoms with Crippen molar-refractivity contribution in [1.29, 1.82) is 0 Å². The molecule has 0 spiro atoms. The van der Waals surface area contributed by atoms with Crippen molar-refractivity contribution in [1.82, 2.24) is 20.1 Å². The molecule has 0 saturated carbocycles. The highest BCUT2D eigenvalue weighted by Crippen LogP contribution is 2.16. The first-order valence-corrected chi connectivity index (χ1v) is 5.46. The summed E-state index contributed by atoms with van der Waals surface area (Å²) in [6.45, 7) is 10.5. The van der Waals surface area contributed by atoms with Crippen molar-refractivity contribution < 1.29 is 0 Å². The van der Waals surface area contributed by atoms with Crippen LogP contribution in [0.4, 0.5) is 0 Å². The normalized spacial score (nSPS) is 12.1. The van der Waals surface area contributed by atoms with Gasteiger partial charge in [0, 0.05) is 7.05 Å². The highest BCUT2D eigenvalue weighted by atomic mass is 15.3. The van der Waals surface area contributed by atoms with Gasteiger partial charge in [-0.15, -0.1) is 10.2 Å². The van der Waals surface area contributed by atoms with Crippen LogP contribution in [0.25, 0.3) is 0 Å². The largest absolute Gasteiger partial charge is 0.317 e. The van der Waals surface area contributed by atoms with E-state index in [4.69, 9.17) is 0 Å². The molecule has 0 aliphatic carbocycles. The van der Waals surface area contributed by atoms with Crippen LogP contribution in [0.1, 0.15) is 38.8 Å². The van der Waals surface area contributed by atoms with Crippen molar-refractivity contribution in [2.45, 2.75) is 40.7 Å². The van der Waals surface area contributed by atoms with Gasteiger partial charge in [-0.3, -0.25) is 0 Å². The summed E-state index contributed by atoms with van der Waals surface area (Å²) in [7, 11) is 2.00. The molecule has 0 saturated heterocycles. The number of hydrogen-bond donors (Lipinski definition) is 1. The number of aryl methyl sites for hydroxylation is 1. The SMILES string of the molecule is Cc1nnc(CNCCC(C)(C)C)n1C. The minimum atomic E-state index is 0.392. The zero-order valence-electron chi connectivity index (χ0n) is 10.5. The zero-order valence-corrected chi connectivity index (χ0v) is 10.5. The summed E-state index contributed by atoms with van der Waals surface area (Å²) < 4.78 is 2.02. The van der Waals surface area contributed by atoms with Crippen LogP contribution < -0.4 is 5.32 Å². The van der Waals surface area contributed by atoms with Crippen LogP contribution in [0.5, 0.6) is 0 Å². The Labute approximate surface area is 92.1 Å². The van der Waals surface area contributed by atoms with Crippen molar-refractivity contribution in [2.24, 2.45) is 12.5 Å². The molecule has 0 fully saturated rings. The van der Waals surface area contributed by atoms with E-state index >= 15 is 0 Å². The van der Waals surface area contributed by atoms with Crippen molar-refractivity contribution >= 4 is 0 Å². The average Bonchev–Trinajstić information content (AvgIpc) is 2.42. The Morgan fingerprint density at radius 3 is 2.40 bits per heavy atom. The average molecular weight is 210 g/mol. The van der Waals surface area contributed by atoms with Gasteiger partial charge in [0.05, 0.1) is 6.54 Å². The molecule has 1 N–H and O–H groups in total. The minimum absolute atomic E-state index is 0.392. The molecule has 15 heavy (non-hydrogen) atoms. The van der Waals surface area contributed by atoms with Gasteiger partial charge in [0.1, 0.15) is 11.6 Å². The first-order chi connectivity index (χ1) is 6.90. The maximum Gasteiger partial charge on any atom is 0.146 e. The monoisotopic (exact) mass is 210 g/mol. The van der Waals surface area contributed by atoms with Crippen LogP contribution in [0.3, 0.4) is 0 Å². The van der Waals surface area contributed by atoms with E-state index < -0.39 is 0 Å². The van der Waals surface area contributed by atoms with Crippen LogP contribution in [0.2, 0.25) is 0 Å². The lowest BCUT2D eigenvalue weighted by Crippen LogP contribution is -2.21. The maximum atomic E-state index is 4.10. The van der Waals surface area contributed by atoms with Gasteiger partial charge in [0.15, 0.2) is 0 Å². The predicted molar refractivity (Wildman–Crippen MR) is 61.5 cm³/mol.